The van der Waals surface area contributed by atoms with E-state index in [1.807, 2.05) is 60.8 Å². The van der Waals surface area contributed by atoms with Gasteiger partial charge in [0.05, 0.1) is 12.4 Å². The molecule has 2 aromatic heterocycles. The molecule has 0 spiro atoms. The maximum atomic E-state index is 13.8. The Labute approximate surface area is 260 Å². The minimum Gasteiger partial charge on any atom is -0.480 e. The number of nitrogens with zero attached hydrogens (tertiary/aromatic N) is 1. The largest absolute Gasteiger partial charge is 0.480 e. The van der Waals surface area contributed by atoms with Crippen LogP contribution >= 0.6 is 0 Å². The highest BCUT2D eigenvalue weighted by atomic mass is 16.4. The van der Waals surface area contributed by atoms with Gasteiger partial charge in [0.25, 0.3) is 0 Å². The fourth-order valence-corrected chi connectivity index (χ4v) is 5.09. The maximum Gasteiger partial charge on any atom is 0.326 e. The number of aromatic nitrogens is 3. The number of para-hydroxylation sites is 1. The summed E-state index contributed by atoms with van der Waals surface area (Å²) in [7, 11) is 0. The van der Waals surface area contributed by atoms with E-state index in [0.717, 1.165) is 22.0 Å². The van der Waals surface area contributed by atoms with Crippen molar-refractivity contribution in [3.8, 4) is 0 Å². The standard InChI is InChI=1S/C32H40N8O5/c33-13-7-6-12-26(32(44)45)38-31(43)28(16-22-18-35-19-37-22)40-30(42)27(14-20-8-2-1-3-9-20)39-29(41)24(34)15-21-17-36-25-11-5-4-10-23(21)25/h1-5,8-11,17-19,24,26-28,36H,6-7,12-16,33-34H2,(H,35,37)(H,38,43)(H,39,41)(H,40,42)(H,44,45). The first kappa shape index (κ1) is 32.9. The summed E-state index contributed by atoms with van der Waals surface area (Å²) in [5, 5.41) is 18.7. The summed E-state index contributed by atoms with van der Waals surface area (Å²) in [4.78, 5) is 62.4. The molecule has 45 heavy (non-hydrogen) atoms. The van der Waals surface area contributed by atoms with E-state index in [1.165, 1.54) is 12.5 Å². The summed E-state index contributed by atoms with van der Waals surface area (Å²) >= 11 is 0. The van der Waals surface area contributed by atoms with Crippen molar-refractivity contribution < 1.29 is 24.3 Å². The zero-order valence-electron chi connectivity index (χ0n) is 24.9. The predicted molar refractivity (Wildman–Crippen MR) is 169 cm³/mol. The normalized spacial score (nSPS) is 13.8. The van der Waals surface area contributed by atoms with Gasteiger partial charge in [0.2, 0.25) is 17.7 Å². The van der Waals surface area contributed by atoms with E-state index >= 15 is 0 Å². The minimum absolute atomic E-state index is 0.0127. The van der Waals surface area contributed by atoms with Gasteiger partial charge >= 0.3 is 5.97 Å². The van der Waals surface area contributed by atoms with Gasteiger partial charge in [-0.3, -0.25) is 14.4 Å². The van der Waals surface area contributed by atoms with Crippen molar-refractivity contribution >= 4 is 34.6 Å². The van der Waals surface area contributed by atoms with E-state index in [4.69, 9.17) is 11.5 Å². The van der Waals surface area contributed by atoms with E-state index in [2.05, 4.69) is 30.9 Å². The summed E-state index contributed by atoms with van der Waals surface area (Å²) < 4.78 is 0. The number of benzene rings is 2. The molecule has 0 aliphatic rings. The number of carbonyl (C=O) groups excluding carboxylic acids is 3. The van der Waals surface area contributed by atoms with Crippen molar-refractivity contribution in [2.45, 2.75) is 62.7 Å². The molecule has 0 aliphatic heterocycles. The summed E-state index contributed by atoms with van der Waals surface area (Å²) in [6.45, 7) is 0.402. The molecule has 0 saturated heterocycles. The Morgan fingerprint density at radius 2 is 1.47 bits per heavy atom. The molecule has 0 bridgehead atoms. The number of carboxylic acid groups (broad SMARTS) is 1. The fraction of sp³-hybridized carbons (Fsp3) is 0.344. The average molecular weight is 617 g/mol. The van der Waals surface area contributed by atoms with E-state index in [1.54, 1.807) is 0 Å². The third-order valence-electron chi connectivity index (χ3n) is 7.54. The van der Waals surface area contributed by atoms with E-state index < -0.39 is 47.9 Å². The van der Waals surface area contributed by atoms with E-state index in [9.17, 15) is 24.3 Å². The Morgan fingerprint density at radius 3 is 2.16 bits per heavy atom. The Balaban J connectivity index is 1.50. The molecule has 238 valence electrons. The van der Waals surface area contributed by atoms with Crippen LogP contribution in [0, 0.1) is 0 Å². The first-order valence-corrected chi connectivity index (χ1v) is 14.9. The number of imidazole rings is 1. The lowest BCUT2D eigenvalue weighted by Crippen LogP contribution is -2.58. The monoisotopic (exact) mass is 616 g/mol. The number of amides is 3. The Bertz CT molecular complexity index is 1560. The smallest absolute Gasteiger partial charge is 0.326 e. The second-order valence-corrected chi connectivity index (χ2v) is 10.9. The molecule has 0 saturated carbocycles. The zero-order valence-corrected chi connectivity index (χ0v) is 24.9. The first-order valence-electron chi connectivity index (χ1n) is 14.9. The fourth-order valence-electron chi connectivity index (χ4n) is 5.09. The molecule has 0 radical (unpaired) electrons. The first-order chi connectivity index (χ1) is 21.7. The van der Waals surface area contributed by atoms with Gasteiger partial charge in [-0.05, 0) is 49.4 Å². The van der Waals surface area contributed by atoms with Crippen LogP contribution in [0.5, 0.6) is 0 Å². The van der Waals surface area contributed by atoms with Gasteiger partial charge in [-0.1, -0.05) is 48.5 Å². The van der Waals surface area contributed by atoms with Gasteiger partial charge in [0, 0.05) is 41.8 Å². The number of carbonyl (C=O) groups is 4. The van der Waals surface area contributed by atoms with Crippen LogP contribution < -0.4 is 27.4 Å². The average Bonchev–Trinajstić information content (AvgIpc) is 3.70. The molecule has 3 amide bonds. The van der Waals surface area contributed by atoms with Crippen molar-refractivity contribution in [2.24, 2.45) is 11.5 Å². The molecule has 13 nitrogen and oxygen atoms in total. The van der Waals surface area contributed by atoms with Crippen LogP contribution in [-0.4, -0.2) is 74.5 Å². The lowest BCUT2D eigenvalue weighted by molar-refractivity contribution is -0.142. The summed E-state index contributed by atoms with van der Waals surface area (Å²) in [5.41, 5.74) is 15.0. The van der Waals surface area contributed by atoms with Gasteiger partial charge in [-0.2, -0.15) is 0 Å². The van der Waals surface area contributed by atoms with Crippen LogP contribution in [0.3, 0.4) is 0 Å². The number of rotatable bonds is 17. The van der Waals surface area contributed by atoms with Crippen LogP contribution in [0.2, 0.25) is 0 Å². The molecule has 0 aliphatic carbocycles. The highest BCUT2D eigenvalue weighted by Crippen LogP contribution is 2.19. The van der Waals surface area contributed by atoms with Crippen LogP contribution in [0.4, 0.5) is 0 Å². The Morgan fingerprint density at radius 1 is 0.800 bits per heavy atom. The van der Waals surface area contributed by atoms with Crippen LogP contribution in [0.1, 0.15) is 36.1 Å². The van der Waals surface area contributed by atoms with Gasteiger partial charge in [0.15, 0.2) is 0 Å². The summed E-state index contributed by atoms with van der Waals surface area (Å²) in [6.07, 6.45) is 6.44. The zero-order chi connectivity index (χ0) is 32.2. The number of aliphatic carboxylic acids is 1. The van der Waals surface area contributed by atoms with E-state index in [0.29, 0.717) is 25.1 Å². The molecule has 4 aromatic rings. The SMILES string of the molecule is NCCCCC(NC(=O)C(Cc1cnc[nH]1)NC(=O)C(Cc1ccccc1)NC(=O)C(N)Cc1c[nH]c2ccccc12)C(=O)O. The second kappa shape index (κ2) is 16.2. The molecule has 4 atom stereocenters. The van der Waals surface area contributed by atoms with Gasteiger partial charge < -0.3 is 42.5 Å². The number of aromatic amines is 2. The predicted octanol–water partition coefficient (Wildman–Crippen LogP) is 0.914. The second-order valence-electron chi connectivity index (χ2n) is 10.9. The lowest BCUT2D eigenvalue weighted by atomic mass is 10.0. The number of hydrogen-bond acceptors (Lipinski definition) is 7. The lowest BCUT2D eigenvalue weighted by Gasteiger charge is -2.25. The molecule has 10 N–H and O–H groups in total. The van der Waals surface area contributed by atoms with Crippen molar-refractivity contribution in [3.05, 3.63) is 90.1 Å². The van der Waals surface area contributed by atoms with Crippen LogP contribution in [-0.2, 0) is 38.4 Å². The third-order valence-corrected chi connectivity index (χ3v) is 7.54. The molecule has 4 rings (SSSR count). The maximum absolute atomic E-state index is 13.8. The number of H-pyrrole nitrogens is 2. The summed E-state index contributed by atoms with van der Waals surface area (Å²) in [6, 6.07) is 12.5. The third kappa shape index (κ3) is 9.49. The quantitative estimate of drug-likeness (QED) is 0.0795. The van der Waals surface area contributed by atoms with Crippen LogP contribution in [0.25, 0.3) is 10.9 Å². The minimum atomic E-state index is -1.19. The topological polar surface area (TPSA) is 221 Å². The number of unbranched alkanes of at least 4 members (excludes halogenated alkanes) is 1. The van der Waals surface area contributed by atoms with Gasteiger partial charge in [-0.15, -0.1) is 0 Å². The van der Waals surface area contributed by atoms with Crippen molar-refractivity contribution in [2.75, 3.05) is 6.54 Å². The molecule has 2 aromatic carbocycles. The number of nitrogens with one attached hydrogen (secondary N) is 5. The highest BCUT2D eigenvalue weighted by Gasteiger charge is 2.31. The molecule has 4 unspecified atom stereocenters. The Hall–Kier alpha value is -5.01. The number of nitrogens with two attached hydrogens (primary N) is 2. The van der Waals surface area contributed by atoms with Crippen molar-refractivity contribution in [1.29, 1.82) is 0 Å². The molecular weight excluding hydrogens is 576 g/mol. The number of hydrogen-bond donors (Lipinski definition) is 8. The van der Waals surface area contributed by atoms with Crippen molar-refractivity contribution in [3.63, 3.8) is 0 Å². The van der Waals surface area contributed by atoms with E-state index in [-0.39, 0.29) is 25.7 Å². The Kier molecular flexibility index (Phi) is 11.8. The van der Waals surface area contributed by atoms with Crippen LogP contribution in [0.15, 0.2) is 73.3 Å². The number of carboxylic acids is 1. The summed E-state index contributed by atoms with van der Waals surface area (Å²) in [5.74, 6) is -3.03. The molecular formula is C32H40N8O5. The number of fused-ring (bicyclic) bond motifs is 1. The van der Waals surface area contributed by atoms with Crippen molar-refractivity contribution in [1.82, 2.24) is 30.9 Å². The molecule has 13 heteroatoms. The molecule has 2 heterocycles. The van der Waals surface area contributed by atoms with Gasteiger partial charge in [-0.25, -0.2) is 9.78 Å². The van der Waals surface area contributed by atoms with Gasteiger partial charge in [0.1, 0.15) is 18.1 Å². The molecule has 0 fully saturated rings. The highest BCUT2D eigenvalue weighted by molar-refractivity contribution is 5.94.